The van der Waals surface area contributed by atoms with Gasteiger partial charge in [0.2, 0.25) is 0 Å². The van der Waals surface area contributed by atoms with Crippen molar-refractivity contribution >= 4 is 68.7 Å². The number of hydrogen-bond acceptors (Lipinski definition) is 1. The van der Waals surface area contributed by atoms with Crippen molar-refractivity contribution in [2.45, 2.75) is 0 Å². The van der Waals surface area contributed by atoms with Crippen molar-refractivity contribution in [3.8, 4) is 0 Å². The van der Waals surface area contributed by atoms with Crippen molar-refractivity contribution in [2.75, 3.05) is 5.34 Å². The van der Waals surface area contributed by atoms with Gasteiger partial charge in [-0.25, -0.2) is 0 Å². The molecule has 0 aliphatic rings. The maximum absolute atomic E-state index is 10.5. The quantitative estimate of drug-likeness (QED) is 0.436. The molecule has 1 rings (SSSR count). The topological polar surface area (TPSA) is 17.1 Å². The third kappa shape index (κ3) is 6.94. The average molecular weight is 341 g/mol. The molecule has 0 bridgehead atoms. The number of halogens is 4. The Morgan fingerprint density at radius 3 is 1.93 bits per heavy atom. The molecule has 0 unspecified atom stereocenters. The number of carbonyl (C=O) groups is 1. The third-order valence-electron chi connectivity index (χ3n) is 1.09. The number of rotatable bonds is 1. The summed E-state index contributed by atoms with van der Waals surface area (Å²) in [4.78, 5) is 10.5. The normalized spacial score (nSPS) is 8.00. The van der Waals surface area contributed by atoms with Crippen molar-refractivity contribution in [1.29, 1.82) is 0 Å². The van der Waals surface area contributed by atoms with Gasteiger partial charge in [0.15, 0.2) is 0 Å². The van der Waals surface area contributed by atoms with Gasteiger partial charge < -0.3 is 0 Å². The first-order valence-corrected chi connectivity index (χ1v) is 5.02. The van der Waals surface area contributed by atoms with Crippen LogP contribution in [-0.2, 0) is 0 Å². The minimum absolute atomic E-state index is 0. The van der Waals surface area contributed by atoms with Crippen molar-refractivity contribution in [2.24, 2.45) is 0 Å². The minimum atomic E-state index is -0.523. The van der Waals surface area contributed by atoms with Crippen LogP contribution in [0.4, 0.5) is 0 Å². The Bertz CT molecular complexity index is 280. The summed E-state index contributed by atoms with van der Waals surface area (Å²) in [6.45, 7) is 0. The molecule has 0 saturated carbocycles. The Labute approximate surface area is 113 Å². The van der Waals surface area contributed by atoms with E-state index in [9.17, 15) is 4.79 Å². The zero-order valence-electron chi connectivity index (χ0n) is 6.94. The fourth-order valence-corrected chi connectivity index (χ4v) is 1.06. The second kappa shape index (κ2) is 10.1. The zero-order chi connectivity index (χ0) is 10.3. The molecule has 0 amide bonds. The van der Waals surface area contributed by atoms with E-state index in [0.29, 0.717) is 10.6 Å². The van der Waals surface area contributed by atoms with E-state index in [2.05, 4.69) is 0 Å². The second-order valence-electron chi connectivity index (χ2n) is 1.85. The van der Waals surface area contributed by atoms with Gasteiger partial charge in [0.25, 0.3) is 5.24 Å². The summed E-state index contributed by atoms with van der Waals surface area (Å²) in [5.74, 6) is 0. The molecule has 6 heteroatoms. The first-order valence-electron chi connectivity index (χ1n) is 3.19. The summed E-state index contributed by atoms with van der Waals surface area (Å²) >= 11 is 20.3. The summed E-state index contributed by atoms with van der Waals surface area (Å²) in [5, 5.41) is 0.0631. The summed E-state index contributed by atoms with van der Waals surface area (Å²) in [7, 11) is 0. The molecule has 0 atom stereocenters. The van der Waals surface area contributed by atoms with Gasteiger partial charge in [0.1, 0.15) is 0 Å². The molecule has 1 nitrogen and oxygen atoms in total. The molecular formula is C8H8Cl4OSe. The molecule has 0 N–H and O–H groups in total. The molecule has 0 spiro atoms. The van der Waals surface area contributed by atoms with Gasteiger partial charge >= 0.3 is 17.1 Å². The number of carbonyl (C=O) groups excluding carboxylic acids is 1. The predicted molar refractivity (Wildman–Crippen MR) is 66.8 cm³/mol. The van der Waals surface area contributed by atoms with E-state index in [-0.39, 0.29) is 22.4 Å². The van der Waals surface area contributed by atoms with E-state index in [1.807, 2.05) is 0 Å². The van der Waals surface area contributed by atoms with Crippen LogP contribution in [0.15, 0.2) is 24.3 Å². The predicted octanol–water partition coefficient (Wildman–Crippen LogP) is 3.22. The Morgan fingerprint density at radius 2 is 1.64 bits per heavy atom. The maximum atomic E-state index is 10.5. The molecule has 80 valence electrons. The van der Waals surface area contributed by atoms with Gasteiger partial charge in [-0.15, -0.1) is 23.2 Å². The molecular weight excluding hydrogens is 333 g/mol. The molecule has 1 aromatic rings. The summed E-state index contributed by atoms with van der Waals surface area (Å²) in [5.41, 5.74) is 0.353. The molecule has 14 heavy (non-hydrogen) atoms. The van der Waals surface area contributed by atoms with Crippen LogP contribution in [0.2, 0.25) is 5.02 Å². The average Bonchev–Trinajstić information content (AvgIpc) is 2.06. The van der Waals surface area contributed by atoms with Crippen molar-refractivity contribution < 1.29 is 4.79 Å². The molecule has 1 aromatic carbocycles. The van der Waals surface area contributed by atoms with E-state index in [1.54, 1.807) is 24.3 Å². The molecule has 0 aliphatic carbocycles. The summed E-state index contributed by atoms with van der Waals surface area (Å²) < 4.78 is 0. The Balaban J connectivity index is 0. The fraction of sp³-hybridized carbons (Fsp3) is 0.125. The van der Waals surface area contributed by atoms with E-state index < -0.39 is 5.24 Å². The molecule has 0 fully saturated rings. The van der Waals surface area contributed by atoms with Crippen molar-refractivity contribution in [3.05, 3.63) is 34.9 Å². The summed E-state index contributed by atoms with van der Waals surface area (Å²) in [6.07, 6.45) is 0. The summed E-state index contributed by atoms with van der Waals surface area (Å²) in [6, 6.07) is 6.65. The van der Waals surface area contributed by atoms with Crippen LogP contribution in [0.3, 0.4) is 0 Å². The molecule has 0 heterocycles. The van der Waals surface area contributed by atoms with Crippen LogP contribution < -0.4 is 0 Å². The molecule has 0 aromatic heterocycles. The zero-order valence-corrected chi connectivity index (χ0v) is 12.1. The van der Waals surface area contributed by atoms with Crippen LogP contribution >= 0.6 is 46.4 Å². The molecule has 0 aliphatic heterocycles. The number of benzene rings is 1. The standard InChI is InChI=1S/C7H4Cl2O.CH2Cl2.H2Se/c8-6-4-2-1-3-5(6)7(9)10;2-1-3;/h1-4H;1H2;1H2. The van der Waals surface area contributed by atoms with E-state index in [0.717, 1.165) is 0 Å². The van der Waals surface area contributed by atoms with E-state index >= 15 is 0 Å². The first kappa shape index (κ1) is 17.0. The van der Waals surface area contributed by atoms with Gasteiger partial charge in [0, 0.05) is 0 Å². The first-order chi connectivity index (χ1) is 6.13. The van der Waals surface area contributed by atoms with E-state index in [1.165, 1.54) is 0 Å². The van der Waals surface area contributed by atoms with Crippen LogP contribution in [0.5, 0.6) is 0 Å². The van der Waals surface area contributed by atoms with Gasteiger partial charge in [-0.3, -0.25) is 4.79 Å². The van der Waals surface area contributed by atoms with Crippen LogP contribution in [0, 0.1) is 0 Å². The number of alkyl halides is 2. The SMILES string of the molecule is ClCCl.O=C(Cl)c1ccccc1Cl.[SeH2]. The van der Waals surface area contributed by atoms with Gasteiger partial charge in [0.05, 0.1) is 15.9 Å². The van der Waals surface area contributed by atoms with Crippen molar-refractivity contribution in [1.82, 2.24) is 0 Å². The Hall–Kier alpha value is 0.569. The van der Waals surface area contributed by atoms with E-state index in [4.69, 9.17) is 46.4 Å². The van der Waals surface area contributed by atoms with Gasteiger partial charge in [-0.2, -0.15) is 0 Å². The van der Waals surface area contributed by atoms with Crippen LogP contribution in [0.1, 0.15) is 10.4 Å². The Morgan fingerprint density at radius 1 is 1.21 bits per heavy atom. The van der Waals surface area contributed by atoms with Gasteiger partial charge in [-0.05, 0) is 23.7 Å². The fourth-order valence-electron chi connectivity index (χ4n) is 0.621. The molecule has 0 saturated heterocycles. The Kier molecular flexibility index (Phi) is 12.2. The second-order valence-corrected chi connectivity index (χ2v) is 3.41. The van der Waals surface area contributed by atoms with Gasteiger partial charge in [-0.1, -0.05) is 23.7 Å². The van der Waals surface area contributed by atoms with Crippen molar-refractivity contribution in [3.63, 3.8) is 0 Å². The van der Waals surface area contributed by atoms with Crippen LogP contribution in [0.25, 0.3) is 0 Å². The van der Waals surface area contributed by atoms with Crippen LogP contribution in [-0.4, -0.2) is 27.7 Å². The molecule has 0 radical (unpaired) electrons. The number of hydrogen-bond donors (Lipinski definition) is 0. The third-order valence-corrected chi connectivity index (χ3v) is 1.62. The monoisotopic (exact) mass is 340 g/mol.